The van der Waals surface area contributed by atoms with E-state index >= 15 is 0 Å². The number of hydrogen-bond acceptors (Lipinski definition) is 4. The maximum Gasteiger partial charge on any atom is 0.230 e. The van der Waals surface area contributed by atoms with Gasteiger partial charge < -0.3 is 15.0 Å². The van der Waals surface area contributed by atoms with Crippen LogP contribution in [-0.4, -0.2) is 31.6 Å². The van der Waals surface area contributed by atoms with Crippen LogP contribution in [0.1, 0.15) is 16.1 Å². The van der Waals surface area contributed by atoms with Gasteiger partial charge in [0.2, 0.25) is 5.91 Å². The van der Waals surface area contributed by atoms with Gasteiger partial charge in [0.25, 0.3) is 0 Å². The fourth-order valence-corrected chi connectivity index (χ4v) is 3.69. The average Bonchev–Trinajstić information content (AvgIpc) is 2.89. The molecule has 3 rings (SSSR count). The molecule has 5 nitrogen and oxygen atoms in total. The van der Waals surface area contributed by atoms with Gasteiger partial charge in [0.1, 0.15) is 12.3 Å². The van der Waals surface area contributed by atoms with Crippen molar-refractivity contribution in [1.29, 1.82) is 0 Å². The Bertz CT molecular complexity index is 667. The first kappa shape index (κ1) is 15.0. The topological polar surface area (TPSA) is 55.7 Å². The van der Waals surface area contributed by atoms with E-state index in [1.807, 2.05) is 24.3 Å². The molecule has 6 heteroatoms. The number of anilines is 1. The minimum Gasteiger partial charge on any atom is -0.497 e. The molecule has 0 bridgehead atoms. The predicted octanol–water partition coefficient (Wildman–Crippen LogP) is 0.904. The summed E-state index contributed by atoms with van der Waals surface area (Å²) in [7, 11) is 3.82. The largest absolute Gasteiger partial charge is 0.497 e. The van der Waals surface area contributed by atoms with Gasteiger partial charge in [-0.25, -0.2) is 4.98 Å². The van der Waals surface area contributed by atoms with Gasteiger partial charge in [-0.1, -0.05) is 23.5 Å². The predicted molar refractivity (Wildman–Crippen MR) is 86.6 cm³/mol. The second-order valence-corrected chi connectivity index (χ2v) is 6.68. The van der Waals surface area contributed by atoms with Crippen LogP contribution in [0, 0.1) is 0 Å². The van der Waals surface area contributed by atoms with Crippen LogP contribution in [0.4, 0.5) is 5.13 Å². The van der Waals surface area contributed by atoms with Crippen LogP contribution in [0.15, 0.2) is 24.3 Å². The van der Waals surface area contributed by atoms with E-state index in [0.29, 0.717) is 6.42 Å². The number of carbonyl (C=O) groups excluding carboxylic acids is 1. The van der Waals surface area contributed by atoms with Crippen molar-refractivity contribution in [3.8, 4) is 5.75 Å². The molecule has 0 aliphatic carbocycles. The summed E-state index contributed by atoms with van der Waals surface area (Å²) in [6, 6.07) is 7.54. The highest BCUT2D eigenvalue weighted by atomic mass is 32.1. The van der Waals surface area contributed by atoms with Gasteiger partial charge in [0.15, 0.2) is 5.13 Å². The maximum atomic E-state index is 12.1. The van der Waals surface area contributed by atoms with Crippen molar-refractivity contribution in [2.45, 2.75) is 19.4 Å². The van der Waals surface area contributed by atoms with E-state index in [2.05, 4.69) is 17.3 Å². The number of benzene rings is 1. The number of quaternary nitrogens is 1. The number of methoxy groups -OCH3 is 1. The van der Waals surface area contributed by atoms with Crippen molar-refractivity contribution >= 4 is 22.4 Å². The van der Waals surface area contributed by atoms with Crippen LogP contribution in [0.5, 0.6) is 5.75 Å². The number of aromatic nitrogens is 1. The first-order valence-corrected chi connectivity index (χ1v) is 8.18. The van der Waals surface area contributed by atoms with E-state index in [4.69, 9.17) is 4.74 Å². The fraction of sp³-hybridized carbons (Fsp3) is 0.375. The van der Waals surface area contributed by atoms with Gasteiger partial charge in [-0.15, -0.1) is 0 Å². The Morgan fingerprint density at radius 1 is 1.41 bits per heavy atom. The Morgan fingerprint density at radius 3 is 2.91 bits per heavy atom. The molecule has 1 unspecified atom stereocenters. The van der Waals surface area contributed by atoms with E-state index in [1.54, 1.807) is 18.4 Å². The molecule has 0 fully saturated rings. The molecular formula is C16H20N3O2S+. The molecule has 0 saturated heterocycles. The lowest BCUT2D eigenvalue weighted by Crippen LogP contribution is -3.08. The van der Waals surface area contributed by atoms with Crippen molar-refractivity contribution < 1.29 is 14.4 Å². The number of likely N-dealkylation sites (N-methyl/N-ethyl adjacent to an activating group) is 1. The summed E-state index contributed by atoms with van der Waals surface area (Å²) in [5, 5.41) is 3.64. The number of rotatable bonds is 4. The second kappa shape index (κ2) is 6.46. The monoisotopic (exact) mass is 318 g/mol. The number of carbonyl (C=O) groups is 1. The summed E-state index contributed by atoms with van der Waals surface area (Å²) in [4.78, 5) is 19.5. The normalized spacial score (nSPS) is 16.9. The molecule has 22 heavy (non-hydrogen) atoms. The number of nitrogens with one attached hydrogen (secondary N) is 2. The van der Waals surface area contributed by atoms with E-state index < -0.39 is 0 Å². The molecule has 1 amide bonds. The number of amides is 1. The number of thiazole rings is 1. The summed E-state index contributed by atoms with van der Waals surface area (Å²) >= 11 is 1.60. The zero-order valence-electron chi connectivity index (χ0n) is 12.8. The summed E-state index contributed by atoms with van der Waals surface area (Å²) in [5.74, 6) is 0.764. The highest BCUT2D eigenvalue weighted by Gasteiger charge is 2.21. The number of ether oxygens (including phenoxy) is 1. The van der Waals surface area contributed by atoms with Crippen LogP contribution < -0.4 is 15.0 Å². The van der Waals surface area contributed by atoms with Crippen LogP contribution in [0.25, 0.3) is 0 Å². The van der Waals surface area contributed by atoms with Crippen LogP contribution in [-0.2, 0) is 24.2 Å². The zero-order valence-corrected chi connectivity index (χ0v) is 13.6. The second-order valence-electron chi connectivity index (χ2n) is 5.60. The smallest absolute Gasteiger partial charge is 0.230 e. The van der Waals surface area contributed by atoms with Crippen LogP contribution in [0.3, 0.4) is 0 Å². The average molecular weight is 318 g/mol. The number of nitrogens with zero attached hydrogens (tertiary/aromatic N) is 1. The van der Waals surface area contributed by atoms with E-state index in [9.17, 15) is 4.79 Å². The summed E-state index contributed by atoms with van der Waals surface area (Å²) < 4.78 is 5.11. The Labute approximate surface area is 133 Å². The summed E-state index contributed by atoms with van der Waals surface area (Å²) in [6.07, 6.45) is 1.34. The number of hydrogen-bond donors (Lipinski definition) is 2. The van der Waals surface area contributed by atoms with Gasteiger partial charge in [0, 0.05) is 6.42 Å². The number of fused-ring (bicyclic) bond motifs is 1. The molecule has 1 aliphatic heterocycles. The maximum absolute atomic E-state index is 12.1. The molecule has 0 radical (unpaired) electrons. The summed E-state index contributed by atoms with van der Waals surface area (Å²) in [5.41, 5.74) is 2.11. The minimum absolute atomic E-state index is 0.0306. The lowest BCUT2D eigenvalue weighted by atomic mass is 10.1. The highest BCUT2D eigenvalue weighted by molar-refractivity contribution is 7.15. The molecular weight excluding hydrogens is 298 g/mol. The lowest BCUT2D eigenvalue weighted by Gasteiger charge is -2.17. The molecule has 1 atom stereocenters. The minimum atomic E-state index is -0.0306. The molecule has 0 spiro atoms. The van der Waals surface area contributed by atoms with Crippen molar-refractivity contribution in [3.05, 3.63) is 40.4 Å². The van der Waals surface area contributed by atoms with Crippen LogP contribution in [0.2, 0.25) is 0 Å². The Morgan fingerprint density at radius 2 is 2.18 bits per heavy atom. The van der Waals surface area contributed by atoms with Gasteiger partial charge in [-0.2, -0.15) is 0 Å². The zero-order chi connectivity index (χ0) is 15.5. The quantitative estimate of drug-likeness (QED) is 0.881. The Kier molecular flexibility index (Phi) is 4.40. The third kappa shape index (κ3) is 3.45. The van der Waals surface area contributed by atoms with Crippen LogP contribution >= 0.6 is 11.3 Å². The first-order chi connectivity index (χ1) is 10.6. The SMILES string of the molecule is COc1ccc(CC(=O)Nc2nc3c(s2)C[NH+](C)CC3)cc1. The van der Waals surface area contributed by atoms with E-state index in [1.165, 1.54) is 9.78 Å². The molecule has 0 saturated carbocycles. The van der Waals surface area contributed by atoms with Crippen molar-refractivity contribution in [2.75, 3.05) is 26.0 Å². The molecule has 2 N–H and O–H groups in total. The van der Waals surface area contributed by atoms with E-state index in [0.717, 1.165) is 41.6 Å². The molecule has 1 aliphatic rings. The first-order valence-electron chi connectivity index (χ1n) is 7.36. The lowest BCUT2D eigenvalue weighted by molar-refractivity contribution is -0.895. The summed E-state index contributed by atoms with van der Waals surface area (Å²) in [6.45, 7) is 2.11. The molecule has 1 aromatic carbocycles. The molecule has 1 aromatic heterocycles. The van der Waals surface area contributed by atoms with Crippen molar-refractivity contribution in [1.82, 2.24) is 4.98 Å². The molecule has 116 valence electrons. The van der Waals surface area contributed by atoms with Gasteiger partial charge in [-0.05, 0) is 17.7 Å². The van der Waals surface area contributed by atoms with E-state index in [-0.39, 0.29) is 5.91 Å². The third-order valence-corrected chi connectivity index (χ3v) is 4.81. The Hall–Kier alpha value is -1.92. The van der Waals surface area contributed by atoms with Crippen molar-refractivity contribution in [2.24, 2.45) is 0 Å². The van der Waals surface area contributed by atoms with Gasteiger partial charge in [-0.3, -0.25) is 4.79 Å². The van der Waals surface area contributed by atoms with Gasteiger partial charge >= 0.3 is 0 Å². The fourth-order valence-electron chi connectivity index (χ4n) is 2.56. The van der Waals surface area contributed by atoms with Crippen molar-refractivity contribution in [3.63, 3.8) is 0 Å². The standard InChI is InChI=1S/C16H19N3O2S/c1-19-8-7-13-14(10-19)22-16(17-13)18-15(20)9-11-3-5-12(21-2)6-4-11/h3-6H,7-10H2,1-2H3,(H,17,18,20)/p+1. The third-order valence-electron chi connectivity index (χ3n) is 3.80. The molecule has 2 aromatic rings. The molecule has 2 heterocycles. The Balaban J connectivity index is 1.61. The van der Waals surface area contributed by atoms with Gasteiger partial charge in [0.05, 0.1) is 37.7 Å². The highest BCUT2D eigenvalue weighted by Crippen LogP contribution is 2.24.